The summed E-state index contributed by atoms with van der Waals surface area (Å²) < 4.78 is 0. The minimum atomic E-state index is 0.754. The summed E-state index contributed by atoms with van der Waals surface area (Å²) in [6.45, 7) is 6.51. The summed E-state index contributed by atoms with van der Waals surface area (Å²) in [5.74, 6) is 2.90. The predicted molar refractivity (Wildman–Crippen MR) is 76.4 cm³/mol. The number of aliphatic imine (C=N–C) groups is 1. The van der Waals surface area contributed by atoms with Gasteiger partial charge in [-0.25, -0.2) is 0 Å². The maximum atomic E-state index is 4.21. The fourth-order valence-electron chi connectivity index (χ4n) is 1.46. The lowest BCUT2D eigenvalue weighted by Crippen LogP contribution is -2.40. The molecular weight excluding hydrogens is 218 g/mol. The molecule has 0 rings (SSSR count). The number of hydrogen-bond acceptors (Lipinski definition) is 2. The van der Waals surface area contributed by atoms with Gasteiger partial charge in [-0.05, 0) is 24.3 Å². The van der Waals surface area contributed by atoms with Crippen molar-refractivity contribution in [1.82, 2.24) is 10.6 Å². The van der Waals surface area contributed by atoms with E-state index < -0.39 is 0 Å². The van der Waals surface area contributed by atoms with E-state index in [0.29, 0.717) is 0 Å². The highest BCUT2D eigenvalue weighted by Crippen LogP contribution is 2.04. The molecule has 0 aromatic carbocycles. The molecule has 0 aliphatic carbocycles. The van der Waals surface area contributed by atoms with Crippen molar-refractivity contribution in [3.63, 3.8) is 0 Å². The van der Waals surface area contributed by atoms with E-state index >= 15 is 0 Å². The first-order valence-electron chi connectivity index (χ1n) is 6.21. The van der Waals surface area contributed by atoms with Crippen molar-refractivity contribution >= 4 is 17.7 Å². The Kier molecular flexibility index (Phi) is 10.9. The quantitative estimate of drug-likeness (QED) is 0.391. The van der Waals surface area contributed by atoms with Gasteiger partial charge in [0, 0.05) is 20.1 Å². The third-order valence-corrected chi connectivity index (χ3v) is 3.45. The highest BCUT2D eigenvalue weighted by molar-refractivity contribution is 7.98. The second-order valence-electron chi connectivity index (χ2n) is 3.91. The van der Waals surface area contributed by atoms with Gasteiger partial charge < -0.3 is 10.6 Å². The smallest absolute Gasteiger partial charge is 0.190 e. The summed E-state index contributed by atoms with van der Waals surface area (Å²) in [7, 11) is 1.83. The highest BCUT2D eigenvalue weighted by atomic mass is 32.2. The Morgan fingerprint density at radius 3 is 2.44 bits per heavy atom. The van der Waals surface area contributed by atoms with Gasteiger partial charge in [-0.2, -0.15) is 11.8 Å². The lowest BCUT2D eigenvalue weighted by molar-refractivity contribution is 0.481. The molecule has 4 heteroatoms. The first kappa shape index (κ1) is 15.6. The zero-order valence-electron chi connectivity index (χ0n) is 11.2. The van der Waals surface area contributed by atoms with Gasteiger partial charge in [-0.1, -0.05) is 26.7 Å². The third-order valence-electron chi connectivity index (χ3n) is 2.75. The van der Waals surface area contributed by atoms with E-state index in [0.717, 1.165) is 25.0 Å². The van der Waals surface area contributed by atoms with Gasteiger partial charge in [0.05, 0.1) is 0 Å². The molecule has 16 heavy (non-hydrogen) atoms. The minimum absolute atomic E-state index is 0.754. The van der Waals surface area contributed by atoms with Gasteiger partial charge in [0.2, 0.25) is 0 Å². The molecule has 0 saturated carbocycles. The fourth-order valence-corrected chi connectivity index (χ4v) is 1.90. The molecule has 0 aromatic rings. The topological polar surface area (TPSA) is 36.4 Å². The number of rotatable bonds is 8. The van der Waals surface area contributed by atoms with Crippen molar-refractivity contribution in [2.45, 2.75) is 33.1 Å². The van der Waals surface area contributed by atoms with E-state index in [1.165, 1.54) is 25.0 Å². The lowest BCUT2D eigenvalue weighted by atomic mass is 10.0. The maximum Gasteiger partial charge on any atom is 0.190 e. The van der Waals surface area contributed by atoms with Crippen LogP contribution in [0, 0.1) is 5.92 Å². The summed E-state index contributed by atoms with van der Waals surface area (Å²) in [6, 6.07) is 0. The summed E-state index contributed by atoms with van der Waals surface area (Å²) in [5, 5.41) is 6.71. The molecule has 2 N–H and O–H groups in total. The minimum Gasteiger partial charge on any atom is -0.356 e. The van der Waals surface area contributed by atoms with Crippen molar-refractivity contribution in [1.29, 1.82) is 0 Å². The molecule has 0 fully saturated rings. The number of hydrogen-bond donors (Lipinski definition) is 2. The van der Waals surface area contributed by atoms with Crippen LogP contribution in [0.3, 0.4) is 0 Å². The SMILES string of the molecule is CCC(CC)CNC(=NC)NCCCSC. The molecule has 0 atom stereocenters. The van der Waals surface area contributed by atoms with E-state index in [-0.39, 0.29) is 0 Å². The number of nitrogens with one attached hydrogen (secondary N) is 2. The molecule has 96 valence electrons. The average Bonchev–Trinajstić information content (AvgIpc) is 2.33. The van der Waals surface area contributed by atoms with E-state index in [2.05, 4.69) is 35.7 Å². The average molecular weight is 245 g/mol. The number of nitrogens with zero attached hydrogens (tertiary/aromatic N) is 1. The van der Waals surface area contributed by atoms with E-state index in [9.17, 15) is 0 Å². The van der Waals surface area contributed by atoms with Crippen molar-refractivity contribution in [3.8, 4) is 0 Å². The maximum absolute atomic E-state index is 4.21. The van der Waals surface area contributed by atoms with Crippen molar-refractivity contribution < 1.29 is 0 Å². The first-order valence-corrected chi connectivity index (χ1v) is 7.61. The van der Waals surface area contributed by atoms with Gasteiger partial charge in [0.1, 0.15) is 0 Å². The molecule has 0 aliphatic rings. The molecule has 0 aliphatic heterocycles. The van der Waals surface area contributed by atoms with Crippen LogP contribution >= 0.6 is 11.8 Å². The Hall–Kier alpha value is -0.380. The molecule has 0 spiro atoms. The van der Waals surface area contributed by atoms with E-state index in [4.69, 9.17) is 0 Å². The Morgan fingerprint density at radius 1 is 1.25 bits per heavy atom. The molecule has 0 radical (unpaired) electrons. The number of guanidine groups is 1. The fraction of sp³-hybridized carbons (Fsp3) is 0.917. The second kappa shape index (κ2) is 11.1. The summed E-state index contributed by atoms with van der Waals surface area (Å²) in [4.78, 5) is 4.21. The lowest BCUT2D eigenvalue weighted by Gasteiger charge is -2.16. The van der Waals surface area contributed by atoms with Gasteiger partial charge >= 0.3 is 0 Å². The zero-order chi connectivity index (χ0) is 12.2. The molecule has 0 aromatic heterocycles. The van der Waals surface area contributed by atoms with Gasteiger partial charge in [-0.3, -0.25) is 4.99 Å². The van der Waals surface area contributed by atoms with E-state index in [1.54, 1.807) is 0 Å². The van der Waals surface area contributed by atoms with Crippen LogP contribution in [0.15, 0.2) is 4.99 Å². The van der Waals surface area contributed by atoms with Crippen LogP contribution in [0.4, 0.5) is 0 Å². The van der Waals surface area contributed by atoms with Crippen LogP contribution in [-0.2, 0) is 0 Å². The Balaban J connectivity index is 3.67. The van der Waals surface area contributed by atoms with Crippen LogP contribution in [0.25, 0.3) is 0 Å². The predicted octanol–water partition coefficient (Wildman–Crippen LogP) is 2.34. The molecule has 0 heterocycles. The zero-order valence-corrected chi connectivity index (χ0v) is 12.0. The highest BCUT2D eigenvalue weighted by Gasteiger charge is 2.04. The van der Waals surface area contributed by atoms with Crippen LogP contribution in [0.2, 0.25) is 0 Å². The monoisotopic (exact) mass is 245 g/mol. The second-order valence-corrected chi connectivity index (χ2v) is 4.89. The normalized spacial score (nSPS) is 11.9. The van der Waals surface area contributed by atoms with E-state index in [1.807, 2.05) is 18.8 Å². The molecular formula is C12H27N3S. The van der Waals surface area contributed by atoms with Crippen molar-refractivity contribution in [2.24, 2.45) is 10.9 Å². The molecule has 0 saturated heterocycles. The van der Waals surface area contributed by atoms with Crippen molar-refractivity contribution in [3.05, 3.63) is 0 Å². The van der Waals surface area contributed by atoms with Crippen molar-refractivity contribution in [2.75, 3.05) is 32.1 Å². The van der Waals surface area contributed by atoms with Crippen LogP contribution in [-0.4, -0.2) is 38.1 Å². The summed E-state index contributed by atoms with van der Waals surface area (Å²) >= 11 is 1.89. The molecule has 0 amide bonds. The van der Waals surface area contributed by atoms with Gasteiger partial charge in [0.25, 0.3) is 0 Å². The Labute approximate surface area is 105 Å². The van der Waals surface area contributed by atoms with Gasteiger partial charge in [0.15, 0.2) is 5.96 Å². The third kappa shape index (κ3) is 7.85. The molecule has 0 unspecified atom stereocenters. The molecule has 0 bridgehead atoms. The Morgan fingerprint density at radius 2 is 1.94 bits per heavy atom. The summed E-state index contributed by atoms with van der Waals surface area (Å²) in [6.07, 6.45) is 5.78. The summed E-state index contributed by atoms with van der Waals surface area (Å²) in [5.41, 5.74) is 0. The largest absolute Gasteiger partial charge is 0.356 e. The Bertz CT molecular complexity index is 179. The first-order chi connectivity index (χ1) is 7.78. The molecule has 3 nitrogen and oxygen atoms in total. The standard InChI is InChI=1S/C12H27N3S/c1-5-11(6-2)10-15-12(13-3)14-8-7-9-16-4/h11H,5-10H2,1-4H3,(H2,13,14,15). The van der Waals surface area contributed by atoms with Gasteiger partial charge in [-0.15, -0.1) is 0 Å². The van der Waals surface area contributed by atoms with Crippen LogP contribution in [0.1, 0.15) is 33.1 Å². The number of thioether (sulfide) groups is 1. The van der Waals surface area contributed by atoms with Crippen LogP contribution in [0.5, 0.6) is 0 Å². The van der Waals surface area contributed by atoms with Crippen LogP contribution < -0.4 is 10.6 Å².